The number of thiophene rings is 1. The molecule has 0 aliphatic heterocycles. The molecule has 0 saturated carbocycles. The lowest BCUT2D eigenvalue weighted by Crippen LogP contribution is -2.15. The Kier molecular flexibility index (Phi) is 8.16. The van der Waals surface area contributed by atoms with Gasteiger partial charge in [0.2, 0.25) is 0 Å². The van der Waals surface area contributed by atoms with Gasteiger partial charge in [-0.3, -0.25) is 4.79 Å². The highest BCUT2D eigenvalue weighted by atomic mass is 79.9. The maximum Gasteiger partial charge on any atom is 0.348 e. The standard InChI is InChI=1S/C19H20BrNO6S/c1-4-26-18(23)14-11(2)15(19(24)27-10-9-25-3)28-17(14)21-16(22)12-7-5-6-8-13(12)20/h5-8H,4,9-10H2,1-3H3,(H,21,22). The van der Waals surface area contributed by atoms with Gasteiger partial charge in [-0.2, -0.15) is 0 Å². The first-order chi connectivity index (χ1) is 13.4. The largest absolute Gasteiger partial charge is 0.462 e. The summed E-state index contributed by atoms with van der Waals surface area (Å²) in [7, 11) is 1.50. The maximum absolute atomic E-state index is 12.6. The van der Waals surface area contributed by atoms with Gasteiger partial charge in [0.25, 0.3) is 5.91 Å². The molecule has 28 heavy (non-hydrogen) atoms. The van der Waals surface area contributed by atoms with E-state index in [0.717, 1.165) is 11.3 Å². The van der Waals surface area contributed by atoms with E-state index in [9.17, 15) is 14.4 Å². The second-order valence-corrected chi connectivity index (χ2v) is 7.42. The third kappa shape index (κ3) is 5.18. The molecule has 1 amide bonds. The van der Waals surface area contributed by atoms with Crippen LogP contribution in [0.3, 0.4) is 0 Å². The zero-order valence-electron chi connectivity index (χ0n) is 15.7. The first-order valence-corrected chi connectivity index (χ1v) is 10.0. The number of anilines is 1. The summed E-state index contributed by atoms with van der Waals surface area (Å²) in [6.07, 6.45) is 0. The van der Waals surface area contributed by atoms with E-state index >= 15 is 0 Å². The lowest BCUT2D eigenvalue weighted by molar-refractivity contribution is 0.0392. The van der Waals surface area contributed by atoms with Gasteiger partial charge < -0.3 is 19.5 Å². The highest BCUT2D eigenvalue weighted by molar-refractivity contribution is 9.10. The molecule has 0 aliphatic carbocycles. The Morgan fingerprint density at radius 1 is 1.11 bits per heavy atom. The summed E-state index contributed by atoms with van der Waals surface area (Å²) in [5, 5.41) is 2.94. The van der Waals surface area contributed by atoms with Crippen molar-refractivity contribution in [2.24, 2.45) is 0 Å². The van der Waals surface area contributed by atoms with Crippen molar-refractivity contribution in [3.8, 4) is 0 Å². The van der Waals surface area contributed by atoms with Gasteiger partial charge in [0.05, 0.1) is 24.3 Å². The van der Waals surface area contributed by atoms with E-state index < -0.39 is 17.8 Å². The number of methoxy groups -OCH3 is 1. The fraction of sp³-hybridized carbons (Fsp3) is 0.316. The van der Waals surface area contributed by atoms with Crippen molar-refractivity contribution in [3.05, 3.63) is 50.3 Å². The summed E-state index contributed by atoms with van der Waals surface area (Å²) < 4.78 is 15.7. The Labute approximate surface area is 175 Å². The molecule has 2 aromatic rings. The lowest BCUT2D eigenvalue weighted by atomic mass is 10.1. The molecule has 150 valence electrons. The molecular formula is C19H20BrNO6S. The molecule has 0 atom stereocenters. The predicted molar refractivity (Wildman–Crippen MR) is 109 cm³/mol. The predicted octanol–water partition coefficient (Wildman–Crippen LogP) is 4.05. The lowest BCUT2D eigenvalue weighted by Gasteiger charge is -2.08. The quantitative estimate of drug-likeness (QED) is 0.463. The normalized spacial score (nSPS) is 10.4. The van der Waals surface area contributed by atoms with Crippen LogP contribution in [0.4, 0.5) is 5.00 Å². The molecule has 0 aliphatic rings. The van der Waals surface area contributed by atoms with Crippen molar-refractivity contribution < 1.29 is 28.6 Å². The number of nitrogens with one attached hydrogen (secondary N) is 1. The number of ether oxygens (including phenoxy) is 3. The highest BCUT2D eigenvalue weighted by Crippen LogP contribution is 2.35. The van der Waals surface area contributed by atoms with Gasteiger partial charge in [-0.05, 0) is 47.5 Å². The van der Waals surface area contributed by atoms with Crippen molar-refractivity contribution in [1.29, 1.82) is 0 Å². The van der Waals surface area contributed by atoms with Crippen molar-refractivity contribution in [3.63, 3.8) is 0 Å². The van der Waals surface area contributed by atoms with Crippen LogP contribution >= 0.6 is 27.3 Å². The van der Waals surface area contributed by atoms with E-state index in [2.05, 4.69) is 21.2 Å². The van der Waals surface area contributed by atoms with Crippen molar-refractivity contribution in [2.45, 2.75) is 13.8 Å². The molecule has 0 fully saturated rings. The highest BCUT2D eigenvalue weighted by Gasteiger charge is 2.27. The van der Waals surface area contributed by atoms with Crippen LogP contribution in [0, 0.1) is 6.92 Å². The topological polar surface area (TPSA) is 90.9 Å². The molecule has 1 aromatic heterocycles. The number of halogens is 1. The molecule has 0 bridgehead atoms. The van der Waals surface area contributed by atoms with Gasteiger partial charge in [0, 0.05) is 11.6 Å². The van der Waals surface area contributed by atoms with Crippen LogP contribution in [0.2, 0.25) is 0 Å². The summed E-state index contributed by atoms with van der Waals surface area (Å²) in [6.45, 7) is 3.80. The average Bonchev–Trinajstić information content (AvgIpc) is 2.98. The molecular weight excluding hydrogens is 450 g/mol. The number of carbonyl (C=O) groups is 3. The number of benzene rings is 1. The molecule has 0 spiro atoms. The van der Waals surface area contributed by atoms with Gasteiger partial charge in [0.1, 0.15) is 16.5 Å². The third-order valence-corrected chi connectivity index (χ3v) is 5.56. The third-order valence-electron chi connectivity index (χ3n) is 3.68. The molecule has 1 N–H and O–H groups in total. The van der Waals surface area contributed by atoms with Crippen LogP contribution in [-0.4, -0.2) is 44.8 Å². The SMILES string of the molecule is CCOC(=O)c1c(NC(=O)c2ccccc2Br)sc(C(=O)OCCOC)c1C. The fourth-order valence-corrected chi connectivity index (χ4v) is 3.89. The monoisotopic (exact) mass is 469 g/mol. The molecule has 1 heterocycles. The van der Waals surface area contributed by atoms with Gasteiger partial charge in [-0.15, -0.1) is 11.3 Å². The minimum Gasteiger partial charge on any atom is -0.462 e. The Balaban J connectivity index is 2.37. The molecule has 0 radical (unpaired) electrons. The van der Waals surface area contributed by atoms with Crippen LogP contribution < -0.4 is 5.32 Å². The molecule has 1 aromatic carbocycles. The van der Waals surface area contributed by atoms with Crippen LogP contribution in [0.1, 0.15) is 42.9 Å². The minimum atomic E-state index is -0.616. The zero-order chi connectivity index (χ0) is 20.7. The van der Waals surface area contributed by atoms with Gasteiger partial charge >= 0.3 is 11.9 Å². The number of carbonyl (C=O) groups excluding carboxylic acids is 3. The molecule has 0 saturated heterocycles. The second-order valence-electron chi connectivity index (χ2n) is 5.54. The Morgan fingerprint density at radius 2 is 1.82 bits per heavy atom. The second kappa shape index (κ2) is 10.4. The number of rotatable bonds is 8. The Morgan fingerprint density at radius 3 is 2.46 bits per heavy atom. The van der Waals surface area contributed by atoms with E-state index in [4.69, 9.17) is 14.2 Å². The number of amides is 1. The van der Waals surface area contributed by atoms with Crippen LogP contribution in [0.25, 0.3) is 0 Å². The summed E-state index contributed by atoms with van der Waals surface area (Å²) in [4.78, 5) is 37.6. The van der Waals surface area contributed by atoms with E-state index in [0.29, 0.717) is 15.6 Å². The van der Waals surface area contributed by atoms with Crippen molar-refractivity contribution >= 4 is 50.1 Å². The van der Waals surface area contributed by atoms with E-state index in [1.165, 1.54) is 7.11 Å². The molecule has 2 rings (SSSR count). The number of hydrogen-bond acceptors (Lipinski definition) is 7. The Bertz CT molecular complexity index is 879. The fourth-order valence-electron chi connectivity index (χ4n) is 2.34. The summed E-state index contributed by atoms with van der Waals surface area (Å²) >= 11 is 4.30. The summed E-state index contributed by atoms with van der Waals surface area (Å²) in [5.41, 5.74) is 0.937. The number of esters is 2. The zero-order valence-corrected chi connectivity index (χ0v) is 18.1. The molecule has 0 unspecified atom stereocenters. The van der Waals surface area contributed by atoms with Crippen LogP contribution in [0.15, 0.2) is 28.7 Å². The molecule has 9 heteroatoms. The van der Waals surface area contributed by atoms with Crippen LogP contribution in [0.5, 0.6) is 0 Å². The van der Waals surface area contributed by atoms with Gasteiger partial charge in [-0.25, -0.2) is 9.59 Å². The van der Waals surface area contributed by atoms with E-state index in [1.54, 1.807) is 38.1 Å². The first-order valence-electron chi connectivity index (χ1n) is 8.43. The first kappa shape index (κ1) is 22.1. The van der Waals surface area contributed by atoms with E-state index in [-0.39, 0.29) is 35.3 Å². The van der Waals surface area contributed by atoms with Gasteiger partial charge in [0.15, 0.2) is 0 Å². The van der Waals surface area contributed by atoms with Crippen molar-refractivity contribution in [2.75, 3.05) is 32.2 Å². The summed E-state index contributed by atoms with van der Waals surface area (Å²) in [6, 6.07) is 6.89. The maximum atomic E-state index is 12.6. The Hall–Kier alpha value is -2.23. The van der Waals surface area contributed by atoms with E-state index in [1.807, 2.05) is 0 Å². The van der Waals surface area contributed by atoms with Crippen molar-refractivity contribution in [1.82, 2.24) is 0 Å². The van der Waals surface area contributed by atoms with Gasteiger partial charge in [-0.1, -0.05) is 12.1 Å². The molecule has 7 nitrogen and oxygen atoms in total. The number of hydrogen-bond donors (Lipinski definition) is 1. The smallest absolute Gasteiger partial charge is 0.348 e. The average molecular weight is 470 g/mol. The summed E-state index contributed by atoms with van der Waals surface area (Å²) in [5.74, 6) is -1.63. The minimum absolute atomic E-state index is 0.0834. The van der Waals surface area contributed by atoms with Crippen LogP contribution in [-0.2, 0) is 14.2 Å².